The summed E-state index contributed by atoms with van der Waals surface area (Å²) in [7, 11) is 0. The highest BCUT2D eigenvalue weighted by molar-refractivity contribution is 5.10. The first-order chi connectivity index (χ1) is 5.84. The lowest BCUT2D eigenvalue weighted by Gasteiger charge is -2.09. The summed E-state index contributed by atoms with van der Waals surface area (Å²) in [6.45, 7) is 6.75. The Labute approximate surface area is 73.3 Å². The summed E-state index contributed by atoms with van der Waals surface area (Å²) >= 11 is 0. The first-order valence-corrected chi connectivity index (χ1v) is 4.21. The zero-order valence-corrected chi connectivity index (χ0v) is 7.42. The Hall–Kier alpha value is -1.02. The van der Waals surface area contributed by atoms with Crippen molar-refractivity contribution in [3.63, 3.8) is 0 Å². The normalized spacial score (nSPS) is 12.8. The molecule has 0 saturated carbocycles. The van der Waals surface area contributed by atoms with Gasteiger partial charge in [-0.05, 0) is 26.0 Å². The lowest BCUT2D eigenvalue weighted by atomic mass is 10.2. The lowest BCUT2D eigenvalue weighted by Crippen LogP contribution is -2.18. The summed E-state index contributed by atoms with van der Waals surface area (Å²) in [6, 6.07) is 2.34. The van der Waals surface area contributed by atoms with Crippen molar-refractivity contribution in [1.82, 2.24) is 5.32 Å². The van der Waals surface area contributed by atoms with Crippen LogP contribution in [-0.4, -0.2) is 6.54 Å². The van der Waals surface area contributed by atoms with Crippen LogP contribution < -0.4 is 5.32 Å². The van der Waals surface area contributed by atoms with Crippen LogP contribution in [0, 0.1) is 0 Å². The third-order valence-electron chi connectivity index (χ3n) is 1.84. The zero-order chi connectivity index (χ0) is 8.81. The van der Waals surface area contributed by atoms with Crippen molar-refractivity contribution in [3.05, 3.63) is 36.8 Å². The summed E-state index contributed by atoms with van der Waals surface area (Å²) in [5.74, 6) is 0. The Bertz CT molecular complexity index is 216. The molecule has 1 aromatic heterocycles. The topological polar surface area (TPSA) is 25.2 Å². The molecule has 0 aromatic carbocycles. The molecule has 1 heterocycles. The van der Waals surface area contributed by atoms with E-state index in [9.17, 15) is 0 Å². The molecular weight excluding hydrogens is 150 g/mol. The number of rotatable bonds is 5. The molecular formula is C10H15NO. The van der Waals surface area contributed by atoms with Gasteiger partial charge in [-0.25, -0.2) is 0 Å². The number of nitrogens with one attached hydrogen (secondary N) is 1. The van der Waals surface area contributed by atoms with Crippen LogP contribution >= 0.6 is 0 Å². The molecule has 0 spiro atoms. The average molecular weight is 165 g/mol. The second-order valence-electron chi connectivity index (χ2n) is 2.81. The van der Waals surface area contributed by atoms with Crippen molar-refractivity contribution >= 4 is 0 Å². The van der Waals surface area contributed by atoms with Crippen molar-refractivity contribution in [2.24, 2.45) is 0 Å². The summed E-state index contributed by atoms with van der Waals surface area (Å²) < 4.78 is 4.98. The predicted molar refractivity (Wildman–Crippen MR) is 49.9 cm³/mol. The minimum Gasteiger partial charge on any atom is -0.472 e. The third kappa shape index (κ3) is 2.55. The molecule has 1 rings (SSSR count). The molecule has 0 bridgehead atoms. The fraction of sp³-hybridized carbons (Fsp3) is 0.400. The largest absolute Gasteiger partial charge is 0.472 e. The molecule has 0 fully saturated rings. The van der Waals surface area contributed by atoms with Gasteiger partial charge in [0.2, 0.25) is 0 Å². The molecule has 0 saturated heterocycles. The molecule has 1 atom stereocenters. The van der Waals surface area contributed by atoms with E-state index in [1.807, 2.05) is 12.1 Å². The first-order valence-electron chi connectivity index (χ1n) is 4.21. The maximum Gasteiger partial charge on any atom is 0.0950 e. The van der Waals surface area contributed by atoms with E-state index in [2.05, 4.69) is 18.8 Å². The van der Waals surface area contributed by atoms with E-state index in [-0.39, 0.29) is 0 Å². The van der Waals surface area contributed by atoms with Gasteiger partial charge >= 0.3 is 0 Å². The highest BCUT2D eigenvalue weighted by atomic mass is 16.3. The SMILES string of the molecule is C=CCCNC(C)c1ccoc1. The Morgan fingerprint density at radius 1 is 1.75 bits per heavy atom. The molecule has 0 radical (unpaired) electrons. The summed E-state index contributed by atoms with van der Waals surface area (Å²) in [4.78, 5) is 0. The van der Waals surface area contributed by atoms with Gasteiger partial charge in [0.05, 0.1) is 12.5 Å². The van der Waals surface area contributed by atoms with Crippen molar-refractivity contribution in [1.29, 1.82) is 0 Å². The van der Waals surface area contributed by atoms with Gasteiger partial charge in [0.15, 0.2) is 0 Å². The van der Waals surface area contributed by atoms with E-state index in [0.29, 0.717) is 6.04 Å². The quantitative estimate of drug-likeness (QED) is 0.535. The van der Waals surface area contributed by atoms with Crippen LogP contribution in [0.5, 0.6) is 0 Å². The third-order valence-corrected chi connectivity index (χ3v) is 1.84. The maximum atomic E-state index is 4.98. The van der Waals surface area contributed by atoms with Gasteiger partial charge in [-0.3, -0.25) is 0 Å². The van der Waals surface area contributed by atoms with E-state index in [4.69, 9.17) is 4.42 Å². The van der Waals surface area contributed by atoms with Crippen LogP contribution in [-0.2, 0) is 0 Å². The Kier molecular flexibility index (Phi) is 3.61. The molecule has 1 N–H and O–H groups in total. The summed E-state index contributed by atoms with van der Waals surface area (Å²) in [6.07, 6.45) is 6.38. The van der Waals surface area contributed by atoms with Gasteiger partial charge in [0, 0.05) is 11.6 Å². The van der Waals surface area contributed by atoms with Crippen molar-refractivity contribution < 1.29 is 4.42 Å². The highest BCUT2D eigenvalue weighted by Gasteiger charge is 2.03. The smallest absolute Gasteiger partial charge is 0.0950 e. The van der Waals surface area contributed by atoms with Crippen molar-refractivity contribution in [2.45, 2.75) is 19.4 Å². The molecule has 2 nitrogen and oxygen atoms in total. The van der Waals surface area contributed by atoms with Gasteiger partial charge in [-0.1, -0.05) is 6.08 Å². The van der Waals surface area contributed by atoms with E-state index >= 15 is 0 Å². The van der Waals surface area contributed by atoms with Crippen molar-refractivity contribution in [2.75, 3.05) is 6.54 Å². The van der Waals surface area contributed by atoms with Crippen LogP contribution in [0.15, 0.2) is 35.7 Å². The summed E-state index contributed by atoms with van der Waals surface area (Å²) in [5, 5.41) is 3.35. The van der Waals surface area contributed by atoms with Crippen LogP contribution in [0.1, 0.15) is 24.9 Å². The van der Waals surface area contributed by atoms with Gasteiger partial charge < -0.3 is 9.73 Å². The molecule has 2 heteroatoms. The molecule has 66 valence electrons. The zero-order valence-electron chi connectivity index (χ0n) is 7.42. The van der Waals surface area contributed by atoms with Crippen LogP contribution in [0.4, 0.5) is 0 Å². The van der Waals surface area contributed by atoms with Gasteiger partial charge in [-0.15, -0.1) is 6.58 Å². The van der Waals surface area contributed by atoms with E-state index in [0.717, 1.165) is 13.0 Å². The Balaban J connectivity index is 2.29. The first kappa shape index (κ1) is 9.07. The van der Waals surface area contributed by atoms with E-state index < -0.39 is 0 Å². The molecule has 1 aromatic rings. The highest BCUT2D eigenvalue weighted by Crippen LogP contribution is 2.11. The molecule has 0 aliphatic rings. The monoisotopic (exact) mass is 165 g/mol. The van der Waals surface area contributed by atoms with Crippen LogP contribution in [0.3, 0.4) is 0 Å². The molecule has 12 heavy (non-hydrogen) atoms. The number of hydrogen-bond donors (Lipinski definition) is 1. The van der Waals surface area contributed by atoms with Gasteiger partial charge in [0.25, 0.3) is 0 Å². The fourth-order valence-electron chi connectivity index (χ4n) is 1.04. The minimum atomic E-state index is 0.365. The average Bonchev–Trinajstić information content (AvgIpc) is 2.56. The van der Waals surface area contributed by atoms with Crippen LogP contribution in [0.25, 0.3) is 0 Å². The molecule has 0 aliphatic heterocycles. The maximum absolute atomic E-state index is 4.98. The molecule has 1 unspecified atom stereocenters. The van der Waals surface area contributed by atoms with Gasteiger partial charge in [0.1, 0.15) is 0 Å². The second kappa shape index (κ2) is 4.78. The Morgan fingerprint density at radius 3 is 3.17 bits per heavy atom. The summed E-state index contributed by atoms with van der Waals surface area (Å²) in [5.41, 5.74) is 1.19. The minimum absolute atomic E-state index is 0.365. The Morgan fingerprint density at radius 2 is 2.58 bits per heavy atom. The van der Waals surface area contributed by atoms with E-state index in [1.165, 1.54) is 5.56 Å². The lowest BCUT2D eigenvalue weighted by molar-refractivity contribution is 0.541. The fourth-order valence-corrected chi connectivity index (χ4v) is 1.04. The number of furan rings is 1. The predicted octanol–water partition coefficient (Wildman–Crippen LogP) is 2.51. The van der Waals surface area contributed by atoms with Gasteiger partial charge in [-0.2, -0.15) is 0 Å². The standard InChI is InChI=1S/C10H15NO/c1-3-4-6-11-9(2)10-5-7-12-8-10/h3,5,7-9,11H,1,4,6H2,2H3. The van der Waals surface area contributed by atoms with Crippen LogP contribution in [0.2, 0.25) is 0 Å². The van der Waals surface area contributed by atoms with E-state index in [1.54, 1.807) is 12.5 Å². The molecule has 0 aliphatic carbocycles. The second-order valence-corrected chi connectivity index (χ2v) is 2.81. The number of hydrogen-bond acceptors (Lipinski definition) is 2. The molecule has 0 amide bonds. The van der Waals surface area contributed by atoms with Crippen molar-refractivity contribution in [3.8, 4) is 0 Å².